The van der Waals surface area contributed by atoms with Gasteiger partial charge in [0.05, 0.1) is 5.69 Å². The van der Waals surface area contributed by atoms with Gasteiger partial charge in [0.1, 0.15) is 12.4 Å². The molecule has 1 aromatic carbocycles. The number of benzene rings is 1. The van der Waals surface area contributed by atoms with Crippen LogP contribution in [0.4, 0.5) is 14.6 Å². The van der Waals surface area contributed by atoms with Crippen LogP contribution in [0.1, 0.15) is 5.69 Å². The second-order valence-electron chi connectivity index (χ2n) is 3.54. The van der Waals surface area contributed by atoms with Crippen LogP contribution in [0.5, 0.6) is 5.75 Å². The second kappa shape index (κ2) is 5.30. The second-order valence-corrected chi connectivity index (χ2v) is 4.46. The van der Waals surface area contributed by atoms with Crippen LogP contribution in [-0.2, 0) is 6.61 Å². The molecule has 0 radical (unpaired) electrons. The van der Waals surface area contributed by atoms with Gasteiger partial charge < -0.3 is 10.5 Å². The lowest BCUT2D eigenvalue weighted by Gasteiger charge is -2.08. The van der Waals surface area contributed by atoms with Crippen LogP contribution < -0.4 is 10.5 Å². The molecule has 0 unspecified atom stereocenters. The zero-order chi connectivity index (χ0) is 13.1. The Bertz CT molecular complexity index is 578. The minimum atomic E-state index is -1.03. The molecule has 0 saturated heterocycles. The highest BCUT2D eigenvalue weighted by molar-refractivity contribution is 9.10. The van der Waals surface area contributed by atoms with Crippen molar-refractivity contribution in [3.8, 4) is 5.75 Å². The Kier molecular flexibility index (Phi) is 3.76. The molecule has 1 aromatic heterocycles. The molecule has 0 spiro atoms. The highest BCUT2D eigenvalue weighted by Crippen LogP contribution is 2.25. The smallest absolute Gasteiger partial charge is 0.200 e. The summed E-state index contributed by atoms with van der Waals surface area (Å²) in [5.41, 5.74) is 6.03. The number of pyridine rings is 1. The fourth-order valence-corrected chi connectivity index (χ4v) is 1.78. The molecule has 0 atom stereocenters. The van der Waals surface area contributed by atoms with E-state index < -0.39 is 11.6 Å². The lowest BCUT2D eigenvalue weighted by molar-refractivity contribution is 0.280. The van der Waals surface area contributed by atoms with Gasteiger partial charge >= 0.3 is 0 Å². The maximum atomic E-state index is 13.4. The van der Waals surface area contributed by atoms with Crippen LogP contribution in [-0.4, -0.2) is 4.98 Å². The lowest BCUT2D eigenvalue weighted by atomic mass is 10.3. The fraction of sp³-hybridized carbons (Fsp3) is 0.0833. The third kappa shape index (κ3) is 2.95. The van der Waals surface area contributed by atoms with Gasteiger partial charge in [-0.2, -0.15) is 4.39 Å². The highest BCUT2D eigenvalue weighted by atomic mass is 79.9. The maximum Gasteiger partial charge on any atom is 0.200 e. The summed E-state index contributed by atoms with van der Waals surface area (Å²) in [7, 11) is 0. The quantitative estimate of drug-likeness (QED) is 0.884. The van der Waals surface area contributed by atoms with Crippen LogP contribution in [0.2, 0.25) is 0 Å². The van der Waals surface area contributed by atoms with E-state index in [1.54, 1.807) is 18.2 Å². The van der Waals surface area contributed by atoms with Gasteiger partial charge in [-0.3, -0.25) is 0 Å². The van der Waals surface area contributed by atoms with Crippen molar-refractivity contribution in [3.63, 3.8) is 0 Å². The minimum Gasteiger partial charge on any atom is -0.484 e. The molecule has 0 aliphatic carbocycles. The van der Waals surface area contributed by atoms with Crippen molar-refractivity contribution >= 4 is 21.7 Å². The molecular weight excluding hydrogens is 306 g/mol. The maximum absolute atomic E-state index is 13.4. The summed E-state index contributed by atoms with van der Waals surface area (Å²) in [6, 6.07) is 7.40. The first kappa shape index (κ1) is 12.8. The number of ether oxygens (including phenoxy) is 1. The number of nitrogen functional groups attached to an aromatic ring is 1. The number of nitrogens with zero attached hydrogens (tertiary/aromatic N) is 1. The molecule has 0 amide bonds. The van der Waals surface area contributed by atoms with Gasteiger partial charge in [0, 0.05) is 4.47 Å². The fourth-order valence-electron chi connectivity index (χ4n) is 1.37. The number of anilines is 1. The molecule has 0 aliphatic rings. The van der Waals surface area contributed by atoms with Crippen molar-refractivity contribution in [2.24, 2.45) is 0 Å². The van der Waals surface area contributed by atoms with E-state index in [1.165, 1.54) is 6.07 Å². The summed E-state index contributed by atoms with van der Waals surface area (Å²) < 4.78 is 32.1. The van der Waals surface area contributed by atoms with Gasteiger partial charge in [-0.05, 0) is 24.3 Å². The van der Waals surface area contributed by atoms with Crippen LogP contribution in [0.15, 0.2) is 34.8 Å². The first-order valence-electron chi connectivity index (χ1n) is 5.05. The van der Waals surface area contributed by atoms with Crippen LogP contribution in [0.3, 0.4) is 0 Å². The number of aromatic nitrogens is 1. The van der Waals surface area contributed by atoms with Crippen LogP contribution in [0.25, 0.3) is 0 Å². The normalized spacial score (nSPS) is 10.4. The predicted octanol–water partition coefficient (Wildman–Crippen LogP) is 3.28. The molecule has 6 heteroatoms. The Balaban J connectivity index is 2.15. The zero-order valence-electron chi connectivity index (χ0n) is 9.16. The topological polar surface area (TPSA) is 48.1 Å². The molecule has 0 bridgehead atoms. The molecule has 1 heterocycles. The Morgan fingerprint density at radius 2 is 2.06 bits per heavy atom. The highest BCUT2D eigenvalue weighted by Gasteiger charge is 2.11. The number of hydrogen-bond donors (Lipinski definition) is 1. The molecule has 2 aromatic rings. The van der Waals surface area contributed by atoms with E-state index in [1.807, 2.05) is 0 Å². The van der Waals surface area contributed by atoms with Crippen molar-refractivity contribution in [1.82, 2.24) is 4.98 Å². The Hall–Kier alpha value is -1.69. The minimum absolute atomic E-state index is 0.0118. The van der Waals surface area contributed by atoms with Gasteiger partial charge in [0.25, 0.3) is 0 Å². The summed E-state index contributed by atoms with van der Waals surface area (Å²) in [4.78, 5) is 3.99. The largest absolute Gasteiger partial charge is 0.484 e. The average Bonchev–Trinajstić information content (AvgIpc) is 2.32. The van der Waals surface area contributed by atoms with Gasteiger partial charge in [0.2, 0.25) is 5.82 Å². The summed E-state index contributed by atoms with van der Waals surface area (Å²) in [5.74, 6) is -1.83. The summed E-state index contributed by atoms with van der Waals surface area (Å²) in [6.45, 7) is 0.0118. The van der Waals surface area contributed by atoms with Crippen LogP contribution in [0, 0.1) is 11.6 Å². The third-order valence-electron chi connectivity index (χ3n) is 2.16. The standard InChI is InChI=1S/C12H9BrF2N2O/c13-7-4-9(14)12(15)10(5-7)18-6-8-2-1-3-11(16)17-8/h1-5H,6H2,(H2,16,17). The van der Waals surface area contributed by atoms with E-state index in [0.29, 0.717) is 16.0 Å². The van der Waals surface area contributed by atoms with Gasteiger partial charge in [-0.25, -0.2) is 9.37 Å². The lowest BCUT2D eigenvalue weighted by Crippen LogP contribution is -2.02. The van der Waals surface area contributed by atoms with Crippen molar-refractivity contribution in [1.29, 1.82) is 0 Å². The molecule has 18 heavy (non-hydrogen) atoms. The van der Waals surface area contributed by atoms with Crippen molar-refractivity contribution in [3.05, 3.63) is 52.1 Å². The van der Waals surface area contributed by atoms with Gasteiger partial charge in [-0.1, -0.05) is 22.0 Å². The van der Waals surface area contributed by atoms with Gasteiger partial charge in [0.15, 0.2) is 11.6 Å². The molecule has 2 rings (SSSR count). The van der Waals surface area contributed by atoms with Crippen molar-refractivity contribution in [2.45, 2.75) is 6.61 Å². The Morgan fingerprint density at radius 3 is 2.78 bits per heavy atom. The van der Waals surface area contributed by atoms with E-state index in [-0.39, 0.29) is 12.4 Å². The number of nitrogens with two attached hydrogens (primary N) is 1. The molecule has 3 nitrogen and oxygen atoms in total. The van der Waals surface area contributed by atoms with E-state index >= 15 is 0 Å². The van der Waals surface area contributed by atoms with Crippen LogP contribution >= 0.6 is 15.9 Å². The molecule has 0 aliphatic heterocycles. The van der Waals surface area contributed by atoms with Gasteiger partial charge in [-0.15, -0.1) is 0 Å². The SMILES string of the molecule is Nc1cccc(COc2cc(Br)cc(F)c2F)n1. The first-order chi connectivity index (χ1) is 8.56. The average molecular weight is 315 g/mol. The Labute approximate surface area is 111 Å². The number of halogens is 3. The Morgan fingerprint density at radius 1 is 1.28 bits per heavy atom. The molecule has 2 N–H and O–H groups in total. The first-order valence-corrected chi connectivity index (χ1v) is 5.84. The van der Waals surface area contributed by atoms with Crippen molar-refractivity contribution in [2.75, 3.05) is 5.73 Å². The summed E-state index contributed by atoms with van der Waals surface area (Å²) in [6.07, 6.45) is 0. The molecule has 0 fully saturated rings. The van der Waals surface area contributed by atoms with E-state index in [9.17, 15) is 8.78 Å². The van der Waals surface area contributed by atoms with E-state index in [4.69, 9.17) is 10.5 Å². The summed E-state index contributed by atoms with van der Waals surface area (Å²) >= 11 is 3.06. The summed E-state index contributed by atoms with van der Waals surface area (Å²) in [5, 5.41) is 0. The number of rotatable bonds is 3. The third-order valence-corrected chi connectivity index (χ3v) is 2.62. The molecule has 94 valence electrons. The van der Waals surface area contributed by atoms with Crippen molar-refractivity contribution < 1.29 is 13.5 Å². The monoisotopic (exact) mass is 314 g/mol. The van der Waals surface area contributed by atoms with E-state index in [2.05, 4.69) is 20.9 Å². The van der Waals surface area contributed by atoms with E-state index in [0.717, 1.165) is 6.07 Å². The molecular formula is C12H9BrF2N2O. The predicted molar refractivity (Wildman–Crippen MR) is 67.0 cm³/mol. The number of hydrogen-bond acceptors (Lipinski definition) is 3. The zero-order valence-corrected chi connectivity index (χ0v) is 10.7. The molecule has 0 saturated carbocycles.